The number of alkyl halides is 3. The first kappa shape index (κ1) is 20.0. The zero-order valence-electron chi connectivity index (χ0n) is 14.1. The van der Waals surface area contributed by atoms with Gasteiger partial charge in [0.15, 0.2) is 6.61 Å². The molecule has 0 atom stereocenters. The van der Waals surface area contributed by atoms with Crippen molar-refractivity contribution >= 4 is 18.1 Å². The van der Waals surface area contributed by atoms with Crippen LogP contribution in [-0.4, -0.2) is 31.8 Å². The number of ether oxygens (including phenoxy) is 2. The van der Waals surface area contributed by atoms with Crippen LogP contribution in [0, 0.1) is 0 Å². The zero-order chi connectivity index (χ0) is 19.9. The van der Waals surface area contributed by atoms with E-state index in [0.29, 0.717) is 11.3 Å². The molecule has 0 aromatic heterocycles. The average molecular weight is 380 g/mol. The normalized spacial score (nSPS) is 11.3. The highest BCUT2D eigenvalue weighted by Crippen LogP contribution is 2.29. The van der Waals surface area contributed by atoms with Crippen molar-refractivity contribution in [3.05, 3.63) is 65.2 Å². The van der Waals surface area contributed by atoms with Crippen molar-refractivity contribution in [2.24, 2.45) is 5.10 Å². The van der Waals surface area contributed by atoms with Crippen molar-refractivity contribution in [2.45, 2.75) is 6.18 Å². The zero-order valence-corrected chi connectivity index (χ0v) is 14.1. The first-order valence-electron chi connectivity index (χ1n) is 7.60. The number of rotatable bonds is 6. The Morgan fingerprint density at radius 3 is 2.48 bits per heavy atom. The Hall–Kier alpha value is -3.36. The van der Waals surface area contributed by atoms with Gasteiger partial charge < -0.3 is 9.47 Å². The van der Waals surface area contributed by atoms with Gasteiger partial charge in [-0.2, -0.15) is 18.3 Å². The minimum absolute atomic E-state index is 0.159. The molecule has 0 saturated carbocycles. The molecule has 2 aromatic carbocycles. The van der Waals surface area contributed by atoms with Crippen LogP contribution in [0.25, 0.3) is 0 Å². The lowest BCUT2D eigenvalue weighted by Gasteiger charge is -2.07. The average Bonchev–Trinajstić information content (AvgIpc) is 2.66. The van der Waals surface area contributed by atoms with Gasteiger partial charge in [-0.1, -0.05) is 6.07 Å². The van der Waals surface area contributed by atoms with E-state index in [2.05, 4.69) is 15.3 Å². The molecule has 6 nitrogen and oxygen atoms in total. The highest BCUT2D eigenvalue weighted by Gasteiger charge is 2.30. The van der Waals surface area contributed by atoms with Crippen molar-refractivity contribution in [1.82, 2.24) is 5.43 Å². The second kappa shape index (κ2) is 8.84. The van der Waals surface area contributed by atoms with Gasteiger partial charge in [-0.25, -0.2) is 10.2 Å². The number of nitrogens with one attached hydrogen (secondary N) is 1. The third-order valence-electron chi connectivity index (χ3n) is 3.30. The second-order valence-corrected chi connectivity index (χ2v) is 5.21. The molecule has 0 aliphatic heterocycles. The SMILES string of the molecule is COC(=O)COc1ccc(C=NNC(=O)c2cccc(C(F)(F)F)c2)cc1. The van der Waals surface area contributed by atoms with E-state index >= 15 is 0 Å². The summed E-state index contributed by atoms with van der Waals surface area (Å²) < 4.78 is 47.6. The Morgan fingerprint density at radius 2 is 1.85 bits per heavy atom. The molecule has 0 spiro atoms. The number of esters is 1. The van der Waals surface area contributed by atoms with Crippen LogP contribution in [0.4, 0.5) is 13.2 Å². The minimum atomic E-state index is -4.53. The summed E-state index contributed by atoms with van der Waals surface area (Å²) in [4.78, 5) is 22.9. The molecular weight excluding hydrogens is 365 g/mol. The molecule has 9 heteroatoms. The monoisotopic (exact) mass is 380 g/mol. The number of hydrogen-bond acceptors (Lipinski definition) is 5. The molecule has 0 saturated heterocycles. The fraction of sp³-hybridized carbons (Fsp3) is 0.167. The summed E-state index contributed by atoms with van der Waals surface area (Å²) in [5.74, 6) is -0.848. The number of hydrogen-bond donors (Lipinski definition) is 1. The fourth-order valence-electron chi connectivity index (χ4n) is 1.92. The van der Waals surface area contributed by atoms with Crippen LogP contribution in [0.15, 0.2) is 53.6 Å². The molecule has 27 heavy (non-hydrogen) atoms. The number of halogens is 3. The van der Waals surface area contributed by atoms with Gasteiger partial charge in [0.1, 0.15) is 5.75 Å². The summed E-state index contributed by atoms with van der Waals surface area (Å²) >= 11 is 0. The molecule has 0 aliphatic rings. The van der Waals surface area contributed by atoms with Crippen LogP contribution in [0.5, 0.6) is 5.75 Å². The summed E-state index contributed by atoms with van der Waals surface area (Å²) in [5, 5.41) is 3.71. The van der Waals surface area contributed by atoms with Crippen LogP contribution in [-0.2, 0) is 15.7 Å². The summed E-state index contributed by atoms with van der Waals surface area (Å²) in [6, 6.07) is 10.4. The minimum Gasteiger partial charge on any atom is -0.482 e. The Bertz CT molecular complexity index is 833. The largest absolute Gasteiger partial charge is 0.482 e. The van der Waals surface area contributed by atoms with Gasteiger partial charge in [0.05, 0.1) is 18.9 Å². The van der Waals surface area contributed by atoms with E-state index in [1.54, 1.807) is 24.3 Å². The Balaban J connectivity index is 1.93. The lowest BCUT2D eigenvalue weighted by atomic mass is 10.1. The van der Waals surface area contributed by atoms with E-state index in [4.69, 9.17) is 4.74 Å². The second-order valence-electron chi connectivity index (χ2n) is 5.21. The summed E-state index contributed by atoms with van der Waals surface area (Å²) in [6.45, 7) is -0.225. The van der Waals surface area contributed by atoms with E-state index in [1.165, 1.54) is 19.4 Å². The van der Waals surface area contributed by atoms with E-state index in [9.17, 15) is 22.8 Å². The number of benzene rings is 2. The number of hydrazone groups is 1. The lowest BCUT2D eigenvalue weighted by molar-refractivity contribution is -0.143. The smallest absolute Gasteiger partial charge is 0.416 e. The highest BCUT2D eigenvalue weighted by molar-refractivity contribution is 5.95. The third kappa shape index (κ3) is 6.14. The van der Waals surface area contributed by atoms with Crippen molar-refractivity contribution in [3.8, 4) is 5.75 Å². The third-order valence-corrected chi connectivity index (χ3v) is 3.30. The van der Waals surface area contributed by atoms with Gasteiger partial charge >= 0.3 is 12.1 Å². The first-order chi connectivity index (χ1) is 12.8. The number of amides is 1. The number of carbonyl (C=O) groups is 2. The maximum Gasteiger partial charge on any atom is 0.416 e. The predicted molar refractivity (Wildman–Crippen MR) is 90.5 cm³/mol. The van der Waals surface area contributed by atoms with Gasteiger partial charge in [-0.05, 0) is 48.0 Å². The number of nitrogens with zero attached hydrogens (tertiary/aromatic N) is 1. The molecule has 0 radical (unpaired) electrons. The summed E-state index contributed by atoms with van der Waals surface area (Å²) in [7, 11) is 1.25. The van der Waals surface area contributed by atoms with Crippen LogP contribution < -0.4 is 10.2 Å². The molecule has 0 fully saturated rings. The van der Waals surface area contributed by atoms with Gasteiger partial charge in [0.2, 0.25) is 0 Å². The number of methoxy groups -OCH3 is 1. The molecule has 1 N–H and O–H groups in total. The van der Waals surface area contributed by atoms with Crippen molar-refractivity contribution in [3.63, 3.8) is 0 Å². The molecule has 2 aromatic rings. The van der Waals surface area contributed by atoms with Crippen molar-refractivity contribution in [2.75, 3.05) is 13.7 Å². The van der Waals surface area contributed by atoms with Crippen molar-refractivity contribution in [1.29, 1.82) is 0 Å². The standard InChI is InChI=1S/C18H15F3N2O4/c1-26-16(24)11-27-15-7-5-12(6-8-15)10-22-23-17(25)13-3-2-4-14(9-13)18(19,20)21/h2-10H,11H2,1H3,(H,23,25). The van der Waals surface area contributed by atoms with Crippen LogP contribution >= 0.6 is 0 Å². The molecule has 0 unspecified atom stereocenters. The van der Waals surface area contributed by atoms with Gasteiger partial charge in [-0.15, -0.1) is 0 Å². The maximum atomic E-state index is 12.7. The van der Waals surface area contributed by atoms with Gasteiger partial charge in [0.25, 0.3) is 5.91 Å². The fourth-order valence-corrected chi connectivity index (χ4v) is 1.92. The van der Waals surface area contributed by atoms with Crippen LogP contribution in [0.2, 0.25) is 0 Å². The molecular formula is C18H15F3N2O4. The van der Waals surface area contributed by atoms with Crippen molar-refractivity contribution < 1.29 is 32.2 Å². The molecule has 2 rings (SSSR count). The van der Waals surface area contributed by atoms with Crippen LogP contribution in [0.3, 0.4) is 0 Å². The molecule has 0 aliphatic carbocycles. The lowest BCUT2D eigenvalue weighted by Crippen LogP contribution is -2.18. The molecule has 0 heterocycles. The van der Waals surface area contributed by atoms with E-state index in [-0.39, 0.29) is 12.2 Å². The molecule has 0 bridgehead atoms. The highest BCUT2D eigenvalue weighted by atomic mass is 19.4. The van der Waals surface area contributed by atoms with Crippen LogP contribution in [0.1, 0.15) is 21.5 Å². The van der Waals surface area contributed by atoms with E-state index < -0.39 is 23.6 Å². The van der Waals surface area contributed by atoms with Gasteiger partial charge in [0, 0.05) is 5.56 Å². The summed E-state index contributed by atoms with van der Waals surface area (Å²) in [5.41, 5.74) is 1.69. The molecule has 1 amide bonds. The van der Waals surface area contributed by atoms with E-state index in [0.717, 1.165) is 18.2 Å². The Morgan fingerprint density at radius 1 is 1.15 bits per heavy atom. The van der Waals surface area contributed by atoms with E-state index in [1.807, 2.05) is 0 Å². The number of carbonyl (C=O) groups excluding carboxylic acids is 2. The first-order valence-corrected chi connectivity index (χ1v) is 7.60. The quantitative estimate of drug-likeness (QED) is 0.475. The maximum absolute atomic E-state index is 12.7. The Kier molecular flexibility index (Phi) is 6.53. The van der Waals surface area contributed by atoms with Gasteiger partial charge in [-0.3, -0.25) is 4.79 Å². The predicted octanol–water partition coefficient (Wildman–Crippen LogP) is 3.02. The summed E-state index contributed by atoms with van der Waals surface area (Å²) in [6.07, 6.45) is -3.22. The Labute approximate surface area is 152 Å². The topological polar surface area (TPSA) is 77.0 Å². The molecule has 142 valence electrons.